The highest BCUT2D eigenvalue weighted by molar-refractivity contribution is 5.79. The third-order valence-corrected chi connectivity index (χ3v) is 4.77. The number of rotatable bonds is 2. The molecule has 2 aliphatic rings. The standard InChI is InChI=1S/C17H24N2O2/c20-16-9-5-4-8-15(16)18-10-12-19(13-11-18)17(21)14-6-2-1-3-7-14/h4-5,8-9,14,20H,1-3,6-7,10-13H2. The molecule has 1 saturated heterocycles. The van der Waals surface area contributed by atoms with Crippen molar-refractivity contribution in [2.45, 2.75) is 32.1 Å². The normalized spacial score (nSPS) is 20.6. The molecule has 4 nitrogen and oxygen atoms in total. The lowest BCUT2D eigenvalue weighted by Crippen LogP contribution is -2.50. The summed E-state index contributed by atoms with van der Waals surface area (Å²) in [6.07, 6.45) is 5.82. The molecule has 4 heteroatoms. The molecule has 0 bridgehead atoms. The lowest BCUT2D eigenvalue weighted by molar-refractivity contribution is -0.136. The summed E-state index contributed by atoms with van der Waals surface area (Å²) in [4.78, 5) is 16.7. The molecule has 21 heavy (non-hydrogen) atoms. The largest absolute Gasteiger partial charge is 0.506 e. The van der Waals surface area contributed by atoms with Gasteiger partial charge in [0.05, 0.1) is 5.69 Å². The average Bonchev–Trinajstić information content (AvgIpc) is 2.56. The zero-order chi connectivity index (χ0) is 14.7. The Morgan fingerprint density at radius 3 is 2.33 bits per heavy atom. The topological polar surface area (TPSA) is 43.8 Å². The van der Waals surface area contributed by atoms with Crippen molar-refractivity contribution in [3.05, 3.63) is 24.3 Å². The van der Waals surface area contributed by atoms with E-state index in [1.54, 1.807) is 6.07 Å². The molecule has 0 spiro atoms. The zero-order valence-electron chi connectivity index (χ0n) is 12.5. The summed E-state index contributed by atoms with van der Waals surface area (Å²) in [5, 5.41) is 9.92. The maximum Gasteiger partial charge on any atom is 0.225 e. The molecule has 1 aliphatic heterocycles. The van der Waals surface area contributed by atoms with Crippen LogP contribution in [0.5, 0.6) is 5.75 Å². The summed E-state index contributed by atoms with van der Waals surface area (Å²) in [5.74, 6) is 0.937. The van der Waals surface area contributed by atoms with Crippen molar-refractivity contribution in [3.8, 4) is 5.75 Å². The van der Waals surface area contributed by atoms with Crippen LogP contribution in [0.25, 0.3) is 0 Å². The fraction of sp³-hybridized carbons (Fsp3) is 0.588. The lowest BCUT2D eigenvalue weighted by Gasteiger charge is -2.38. The van der Waals surface area contributed by atoms with Gasteiger partial charge in [0, 0.05) is 32.1 Å². The van der Waals surface area contributed by atoms with Gasteiger partial charge in [-0.15, -0.1) is 0 Å². The number of aromatic hydroxyl groups is 1. The van der Waals surface area contributed by atoms with Crippen molar-refractivity contribution in [1.82, 2.24) is 4.90 Å². The van der Waals surface area contributed by atoms with Crippen LogP contribution in [0.3, 0.4) is 0 Å². The highest BCUT2D eigenvalue weighted by Gasteiger charge is 2.28. The van der Waals surface area contributed by atoms with E-state index >= 15 is 0 Å². The van der Waals surface area contributed by atoms with E-state index < -0.39 is 0 Å². The van der Waals surface area contributed by atoms with Crippen LogP contribution in [0.15, 0.2) is 24.3 Å². The molecular formula is C17H24N2O2. The van der Waals surface area contributed by atoms with E-state index in [1.165, 1.54) is 19.3 Å². The van der Waals surface area contributed by atoms with Gasteiger partial charge in [0.15, 0.2) is 0 Å². The highest BCUT2D eigenvalue weighted by atomic mass is 16.3. The number of benzene rings is 1. The molecule has 114 valence electrons. The quantitative estimate of drug-likeness (QED) is 0.910. The summed E-state index contributed by atoms with van der Waals surface area (Å²) in [5.41, 5.74) is 0.877. The third-order valence-electron chi connectivity index (χ3n) is 4.77. The van der Waals surface area contributed by atoms with Crippen LogP contribution in [0.2, 0.25) is 0 Å². The zero-order valence-corrected chi connectivity index (χ0v) is 12.5. The van der Waals surface area contributed by atoms with Gasteiger partial charge in [-0.05, 0) is 25.0 Å². The number of piperazine rings is 1. The van der Waals surface area contributed by atoms with Crippen LogP contribution in [0.1, 0.15) is 32.1 Å². The van der Waals surface area contributed by atoms with E-state index in [0.29, 0.717) is 11.7 Å². The molecule has 1 aliphatic carbocycles. The first kappa shape index (κ1) is 14.2. The Morgan fingerprint density at radius 2 is 1.67 bits per heavy atom. The second-order valence-electron chi connectivity index (χ2n) is 6.14. The number of carbonyl (C=O) groups is 1. The summed E-state index contributed by atoms with van der Waals surface area (Å²) in [7, 11) is 0. The van der Waals surface area contributed by atoms with E-state index in [1.807, 2.05) is 23.1 Å². The fourth-order valence-corrected chi connectivity index (χ4v) is 3.51. The molecule has 1 N–H and O–H groups in total. The molecule has 1 aromatic rings. The second-order valence-corrected chi connectivity index (χ2v) is 6.14. The van der Waals surface area contributed by atoms with Crippen LogP contribution in [0, 0.1) is 5.92 Å². The highest BCUT2D eigenvalue weighted by Crippen LogP contribution is 2.29. The van der Waals surface area contributed by atoms with Crippen LogP contribution in [-0.4, -0.2) is 42.1 Å². The van der Waals surface area contributed by atoms with Crippen molar-refractivity contribution in [1.29, 1.82) is 0 Å². The van der Waals surface area contributed by atoms with E-state index in [9.17, 15) is 9.90 Å². The number of para-hydroxylation sites is 2. The Kier molecular flexibility index (Phi) is 4.32. The fourth-order valence-electron chi connectivity index (χ4n) is 3.51. The number of phenols is 1. The first-order chi connectivity index (χ1) is 10.3. The van der Waals surface area contributed by atoms with Crippen molar-refractivity contribution < 1.29 is 9.90 Å². The maximum absolute atomic E-state index is 12.5. The minimum absolute atomic E-state index is 0.260. The van der Waals surface area contributed by atoms with Crippen molar-refractivity contribution in [2.24, 2.45) is 5.92 Å². The molecule has 1 heterocycles. The van der Waals surface area contributed by atoms with Gasteiger partial charge in [-0.3, -0.25) is 4.79 Å². The van der Waals surface area contributed by atoms with Gasteiger partial charge in [0.2, 0.25) is 5.91 Å². The Balaban J connectivity index is 1.57. The third kappa shape index (κ3) is 3.14. The second kappa shape index (κ2) is 6.37. The monoisotopic (exact) mass is 288 g/mol. The SMILES string of the molecule is O=C(C1CCCCC1)N1CCN(c2ccccc2O)CC1. The summed E-state index contributed by atoms with van der Waals surface area (Å²) in [6.45, 7) is 3.14. The van der Waals surface area contributed by atoms with Gasteiger partial charge in [-0.1, -0.05) is 31.4 Å². The summed E-state index contributed by atoms with van der Waals surface area (Å²) < 4.78 is 0. The molecular weight excluding hydrogens is 264 g/mol. The molecule has 0 aromatic heterocycles. The summed E-state index contributed by atoms with van der Waals surface area (Å²) >= 11 is 0. The van der Waals surface area contributed by atoms with E-state index in [-0.39, 0.29) is 5.92 Å². The number of anilines is 1. The number of hydrogen-bond acceptors (Lipinski definition) is 3. The van der Waals surface area contributed by atoms with Crippen LogP contribution < -0.4 is 4.90 Å². The molecule has 3 rings (SSSR count). The Hall–Kier alpha value is -1.71. The predicted octanol–water partition coefficient (Wildman–Crippen LogP) is 2.62. The first-order valence-corrected chi connectivity index (χ1v) is 8.07. The van der Waals surface area contributed by atoms with E-state index in [4.69, 9.17) is 0 Å². The van der Waals surface area contributed by atoms with E-state index in [2.05, 4.69) is 4.90 Å². The number of phenolic OH excluding ortho intramolecular Hbond substituents is 1. The van der Waals surface area contributed by atoms with Gasteiger partial charge in [0.1, 0.15) is 5.75 Å². The van der Waals surface area contributed by atoms with Gasteiger partial charge < -0.3 is 14.9 Å². The number of nitrogens with zero attached hydrogens (tertiary/aromatic N) is 2. The van der Waals surface area contributed by atoms with Crippen molar-refractivity contribution in [3.63, 3.8) is 0 Å². The van der Waals surface area contributed by atoms with Gasteiger partial charge >= 0.3 is 0 Å². The van der Waals surface area contributed by atoms with Crippen LogP contribution in [0.4, 0.5) is 5.69 Å². The Morgan fingerprint density at radius 1 is 1.00 bits per heavy atom. The van der Waals surface area contributed by atoms with E-state index in [0.717, 1.165) is 44.7 Å². The van der Waals surface area contributed by atoms with Crippen LogP contribution >= 0.6 is 0 Å². The molecule has 0 atom stereocenters. The molecule has 0 radical (unpaired) electrons. The van der Waals surface area contributed by atoms with Crippen molar-refractivity contribution in [2.75, 3.05) is 31.1 Å². The average molecular weight is 288 g/mol. The van der Waals surface area contributed by atoms with Gasteiger partial charge in [-0.25, -0.2) is 0 Å². The Labute approximate surface area is 126 Å². The number of hydrogen-bond donors (Lipinski definition) is 1. The van der Waals surface area contributed by atoms with Gasteiger partial charge in [0.25, 0.3) is 0 Å². The lowest BCUT2D eigenvalue weighted by atomic mass is 9.88. The van der Waals surface area contributed by atoms with Crippen molar-refractivity contribution >= 4 is 11.6 Å². The first-order valence-electron chi connectivity index (χ1n) is 8.07. The Bertz CT molecular complexity index is 489. The summed E-state index contributed by atoms with van der Waals surface area (Å²) in [6, 6.07) is 7.43. The minimum atomic E-state index is 0.260. The molecule has 2 fully saturated rings. The molecule has 1 amide bonds. The molecule has 1 saturated carbocycles. The minimum Gasteiger partial charge on any atom is -0.506 e. The number of amides is 1. The predicted molar refractivity (Wildman–Crippen MR) is 83.5 cm³/mol. The maximum atomic E-state index is 12.5. The molecule has 0 unspecified atom stereocenters. The molecule has 1 aromatic carbocycles. The van der Waals surface area contributed by atoms with Gasteiger partial charge in [-0.2, -0.15) is 0 Å². The van der Waals surface area contributed by atoms with Crippen LogP contribution in [-0.2, 0) is 4.79 Å². The number of carbonyl (C=O) groups excluding carboxylic acids is 1. The smallest absolute Gasteiger partial charge is 0.225 e.